The van der Waals surface area contributed by atoms with Crippen LogP contribution in [0.2, 0.25) is 0 Å². The number of hydrogen-bond acceptors (Lipinski definition) is 3. The average Bonchev–Trinajstić information content (AvgIpc) is 2.81. The van der Waals surface area contributed by atoms with Gasteiger partial charge >= 0.3 is 0 Å². The van der Waals surface area contributed by atoms with E-state index in [0.29, 0.717) is 6.54 Å². The third-order valence-electron chi connectivity index (χ3n) is 3.59. The van der Waals surface area contributed by atoms with Crippen LogP contribution >= 0.6 is 0 Å². The molecule has 0 aromatic carbocycles. The van der Waals surface area contributed by atoms with Crippen molar-refractivity contribution in [3.63, 3.8) is 0 Å². The number of aliphatic imine (C=N–C) groups is 1. The molecular weight excluding hydrogens is 240 g/mol. The summed E-state index contributed by atoms with van der Waals surface area (Å²) in [6.07, 6.45) is 4.20. The molecule has 1 aromatic heterocycles. The first-order valence-corrected chi connectivity index (χ1v) is 7.06. The van der Waals surface area contributed by atoms with Gasteiger partial charge < -0.3 is 14.8 Å². The second-order valence-corrected chi connectivity index (χ2v) is 5.20. The fourth-order valence-corrected chi connectivity index (χ4v) is 2.24. The number of nitrogens with zero attached hydrogens (tertiary/aromatic N) is 5. The number of aromatic nitrogens is 3. The third kappa shape index (κ3) is 3.68. The molecule has 2 heterocycles. The topological polar surface area (TPSA) is 58.3 Å². The van der Waals surface area contributed by atoms with E-state index in [-0.39, 0.29) is 0 Å². The minimum Gasteiger partial charge on any atom is -0.357 e. The maximum Gasteiger partial charge on any atom is 0.194 e. The molecule has 1 aromatic rings. The van der Waals surface area contributed by atoms with Crippen LogP contribution in [0.1, 0.15) is 32.5 Å². The van der Waals surface area contributed by atoms with Crippen molar-refractivity contribution in [1.82, 2.24) is 25.0 Å². The zero-order valence-electron chi connectivity index (χ0n) is 12.1. The lowest BCUT2D eigenvalue weighted by Gasteiger charge is -2.32. The van der Waals surface area contributed by atoms with Gasteiger partial charge in [-0.15, -0.1) is 10.2 Å². The van der Waals surface area contributed by atoms with Gasteiger partial charge in [0, 0.05) is 26.7 Å². The van der Waals surface area contributed by atoms with Gasteiger partial charge in [-0.2, -0.15) is 0 Å². The number of piperidine rings is 1. The predicted octanol–water partition coefficient (Wildman–Crippen LogP) is 1.01. The van der Waals surface area contributed by atoms with E-state index in [2.05, 4.69) is 39.3 Å². The molecule has 0 unspecified atom stereocenters. The number of hydrogen-bond donors (Lipinski definition) is 1. The summed E-state index contributed by atoms with van der Waals surface area (Å²) in [6, 6.07) is 0. The van der Waals surface area contributed by atoms with Crippen LogP contribution in [0.25, 0.3) is 0 Å². The van der Waals surface area contributed by atoms with E-state index >= 15 is 0 Å². The molecule has 1 saturated heterocycles. The largest absolute Gasteiger partial charge is 0.357 e. The van der Waals surface area contributed by atoms with Crippen molar-refractivity contribution in [3.05, 3.63) is 12.2 Å². The summed E-state index contributed by atoms with van der Waals surface area (Å²) < 4.78 is 1.91. The quantitative estimate of drug-likeness (QED) is 0.654. The van der Waals surface area contributed by atoms with Gasteiger partial charge in [0.25, 0.3) is 0 Å². The van der Waals surface area contributed by atoms with Gasteiger partial charge in [-0.3, -0.25) is 0 Å². The molecular formula is C13H24N6. The van der Waals surface area contributed by atoms with Crippen molar-refractivity contribution >= 4 is 5.96 Å². The van der Waals surface area contributed by atoms with E-state index in [9.17, 15) is 0 Å². The minimum atomic E-state index is 0.574. The minimum absolute atomic E-state index is 0.574. The summed E-state index contributed by atoms with van der Waals surface area (Å²) in [5.74, 6) is 2.72. The Hall–Kier alpha value is -1.59. The SMILES string of the molecule is CCNC(=NCc1nncn1C)N1CCC(C)CC1. The van der Waals surface area contributed by atoms with Gasteiger partial charge in [0.1, 0.15) is 12.9 Å². The zero-order chi connectivity index (χ0) is 13.7. The molecule has 19 heavy (non-hydrogen) atoms. The van der Waals surface area contributed by atoms with Crippen molar-refractivity contribution < 1.29 is 0 Å². The summed E-state index contributed by atoms with van der Waals surface area (Å²) in [4.78, 5) is 7.02. The summed E-state index contributed by atoms with van der Waals surface area (Å²) in [5, 5.41) is 11.3. The van der Waals surface area contributed by atoms with E-state index in [1.807, 2.05) is 11.6 Å². The number of nitrogens with one attached hydrogen (secondary N) is 1. The predicted molar refractivity (Wildman–Crippen MR) is 75.8 cm³/mol. The Morgan fingerprint density at radius 1 is 1.47 bits per heavy atom. The monoisotopic (exact) mass is 264 g/mol. The Bertz CT molecular complexity index is 417. The first-order chi connectivity index (χ1) is 9.20. The fourth-order valence-electron chi connectivity index (χ4n) is 2.24. The smallest absolute Gasteiger partial charge is 0.194 e. The van der Waals surface area contributed by atoms with E-state index in [4.69, 9.17) is 0 Å². The van der Waals surface area contributed by atoms with E-state index < -0.39 is 0 Å². The molecule has 1 N–H and O–H groups in total. The second kappa shape index (κ2) is 6.54. The first-order valence-electron chi connectivity index (χ1n) is 7.06. The lowest BCUT2D eigenvalue weighted by Crippen LogP contribution is -2.45. The van der Waals surface area contributed by atoms with Crippen LogP contribution in [0.5, 0.6) is 0 Å². The summed E-state index contributed by atoms with van der Waals surface area (Å²) in [6.45, 7) is 8.07. The molecule has 2 rings (SSSR count). The molecule has 6 nitrogen and oxygen atoms in total. The molecule has 0 amide bonds. The van der Waals surface area contributed by atoms with Crippen molar-refractivity contribution in [2.75, 3.05) is 19.6 Å². The molecule has 0 atom stereocenters. The van der Waals surface area contributed by atoms with E-state index in [0.717, 1.165) is 37.3 Å². The van der Waals surface area contributed by atoms with Crippen LogP contribution in [0.3, 0.4) is 0 Å². The Morgan fingerprint density at radius 3 is 2.79 bits per heavy atom. The summed E-state index contributed by atoms with van der Waals surface area (Å²) in [7, 11) is 1.94. The van der Waals surface area contributed by atoms with Gasteiger partial charge in [-0.1, -0.05) is 6.92 Å². The number of aryl methyl sites for hydroxylation is 1. The van der Waals surface area contributed by atoms with Gasteiger partial charge in [0.15, 0.2) is 11.8 Å². The Morgan fingerprint density at radius 2 is 2.21 bits per heavy atom. The van der Waals surface area contributed by atoms with Crippen LogP contribution in [0.4, 0.5) is 0 Å². The fraction of sp³-hybridized carbons (Fsp3) is 0.769. The highest BCUT2D eigenvalue weighted by Crippen LogP contribution is 2.16. The molecule has 0 bridgehead atoms. The van der Waals surface area contributed by atoms with Crippen LogP contribution < -0.4 is 5.32 Å². The molecule has 0 radical (unpaired) electrons. The van der Waals surface area contributed by atoms with Crippen molar-refractivity contribution in [2.45, 2.75) is 33.2 Å². The highest BCUT2D eigenvalue weighted by atomic mass is 15.3. The molecule has 0 saturated carbocycles. The van der Waals surface area contributed by atoms with Gasteiger partial charge in [-0.05, 0) is 25.7 Å². The maximum atomic E-state index is 4.67. The van der Waals surface area contributed by atoms with Gasteiger partial charge in [0.2, 0.25) is 0 Å². The lowest BCUT2D eigenvalue weighted by atomic mass is 10.00. The normalized spacial score (nSPS) is 17.8. The number of rotatable bonds is 3. The molecule has 0 aliphatic carbocycles. The average molecular weight is 264 g/mol. The highest BCUT2D eigenvalue weighted by molar-refractivity contribution is 5.80. The van der Waals surface area contributed by atoms with E-state index in [1.54, 1.807) is 6.33 Å². The summed E-state index contributed by atoms with van der Waals surface area (Å²) >= 11 is 0. The van der Waals surface area contributed by atoms with Gasteiger partial charge in [-0.25, -0.2) is 4.99 Å². The summed E-state index contributed by atoms with van der Waals surface area (Å²) in [5.41, 5.74) is 0. The molecule has 106 valence electrons. The second-order valence-electron chi connectivity index (χ2n) is 5.20. The van der Waals surface area contributed by atoms with E-state index in [1.165, 1.54) is 12.8 Å². The third-order valence-corrected chi connectivity index (χ3v) is 3.59. The maximum absolute atomic E-state index is 4.67. The lowest BCUT2D eigenvalue weighted by molar-refractivity contribution is 0.273. The first kappa shape index (κ1) is 13.8. The Kier molecular flexibility index (Phi) is 4.76. The van der Waals surface area contributed by atoms with Crippen molar-refractivity contribution in [1.29, 1.82) is 0 Å². The number of guanidine groups is 1. The molecule has 0 spiro atoms. The van der Waals surface area contributed by atoms with Crippen LogP contribution in [-0.2, 0) is 13.6 Å². The molecule has 1 aliphatic heterocycles. The van der Waals surface area contributed by atoms with Crippen molar-refractivity contribution in [2.24, 2.45) is 18.0 Å². The Labute approximate surface area is 114 Å². The standard InChI is InChI=1S/C13H24N6/c1-4-14-13(19-7-5-11(2)6-8-19)15-9-12-17-16-10-18(12)3/h10-11H,4-9H2,1-3H3,(H,14,15). The highest BCUT2D eigenvalue weighted by Gasteiger charge is 2.18. The van der Waals surface area contributed by atoms with Crippen LogP contribution in [0.15, 0.2) is 11.3 Å². The van der Waals surface area contributed by atoms with Gasteiger partial charge in [0.05, 0.1) is 0 Å². The van der Waals surface area contributed by atoms with Crippen LogP contribution in [-0.4, -0.2) is 45.3 Å². The van der Waals surface area contributed by atoms with Crippen molar-refractivity contribution in [3.8, 4) is 0 Å². The number of likely N-dealkylation sites (tertiary alicyclic amines) is 1. The molecule has 1 aliphatic rings. The Balaban J connectivity index is 2.00. The van der Waals surface area contributed by atoms with Crippen LogP contribution in [0, 0.1) is 5.92 Å². The molecule has 1 fully saturated rings. The zero-order valence-corrected chi connectivity index (χ0v) is 12.1. The molecule has 6 heteroatoms.